The quantitative estimate of drug-likeness (QED) is 0.0848. The second-order valence-electron chi connectivity index (χ2n) is 11.8. The second kappa shape index (κ2) is 18.0. The fourth-order valence-electron chi connectivity index (χ4n) is 4.26. The standard InChI is InChI=1S/C21H19FO5.C21H19FO4/c1-12(2)20(23)26-15-7-8-16(19(11-15)25-5)14-6-9-18(17(22)10-14)27-21(24)13(3)4;1-12(2)20(23)25-16-7-8-17(14(5)10-16)15-6-9-19(18(22)11-15)26-21(24)13(3)4/h6-11H,1,3H2,2,4-5H3;6-11H,1,3H2,2,4-5H3. The number of benzene rings is 4. The van der Waals surface area contributed by atoms with Crippen molar-refractivity contribution in [3.8, 4) is 51.0 Å². The number of hydrogen-bond acceptors (Lipinski definition) is 9. The van der Waals surface area contributed by atoms with Crippen LogP contribution in [-0.2, 0) is 19.2 Å². The number of methoxy groups -OCH3 is 1. The van der Waals surface area contributed by atoms with Gasteiger partial charge in [-0.25, -0.2) is 28.0 Å². The number of aryl methyl sites for hydroxylation is 1. The molecule has 0 saturated heterocycles. The van der Waals surface area contributed by atoms with Gasteiger partial charge >= 0.3 is 23.9 Å². The highest BCUT2D eigenvalue weighted by atomic mass is 19.1. The normalized spacial score (nSPS) is 10.1. The topological polar surface area (TPSA) is 114 Å². The number of ether oxygens (including phenoxy) is 5. The monoisotopic (exact) mass is 724 g/mol. The van der Waals surface area contributed by atoms with E-state index < -0.39 is 35.5 Å². The lowest BCUT2D eigenvalue weighted by Gasteiger charge is -2.12. The van der Waals surface area contributed by atoms with Crippen LogP contribution in [0, 0.1) is 18.6 Å². The van der Waals surface area contributed by atoms with Gasteiger partial charge in [-0.1, -0.05) is 44.5 Å². The van der Waals surface area contributed by atoms with Gasteiger partial charge in [-0.2, -0.15) is 0 Å². The van der Waals surface area contributed by atoms with Crippen molar-refractivity contribution >= 4 is 23.9 Å². The molecule has 0 radical (unpaired) electrons. The summed E-state index contributed by atoms with van der Waals surface area (Å²) in [7, 11) is 1.45. The van der Waals surface area contributed by atoms with Crippen LogP contribution in [-0.4, -0.2) is 31.0 Å². The first-order valence-electron chi connectivity index (χ1n) is 15.8. The predicted octanol–water partition coefficient (Wildman–Crippen LogP) is 9.23. The van der Waals surface area contributed by atoms with Gasteiger partial charge in [0.15, 0.2) is 23.1 Å². The third-order valence-corrected chi connectivity index (χ3v) is 7.08. The molecule has 0 saturated carbocycles. The van der Waals surface area contributed by atoms with Crippen molar-refractivity contribution < 1.29 is 51.6 Å². The van der Waals surface area contributed by atoms with Crippen molar-refractivity contribution in [1.82, 2.24) is 0 Å². The van der Waals surface area contributed by atoms with E-state index in [-0.39, 0.29) is 34.0 Å². The number of carbonyl (C=O) groups excluding carboxylic acids is 4. The molecule has 0 aliphatic rings. The van der Waals surface area contributed by atoms with Gasteiger partial charge in [0.25, 0.3) is 0 Å². The molecule has 0 atom stereocenters. The average Bonchev–Trinajstić information content (AvgIpc) is 3.10. The highest BCUT2D eigenvalue weighted by Gasteiger charge is 2.16. The molecule has 4 aromatic rings. The smallest absolute Gasteiger partial charge is 0.338 e. The number of rotatable bonds is 11. The minimum Gasteiger partial charge on any atom is -0.496 e. The largest absolute Gasteiger partial charge is 0.496 e. The summed E-state index contributed by atoms with van der Waals surface area (Å²) in [5.41, 5.74) is 4.15. The van der Waals surface area contributed by atoms with Crippen LogP contribution in [0.2, 0.25) is 0 Å². The lowest BCUT2D eigenvalue weighted by molar-refractivity contribution is -0.131. The van der Waals surface area contributed by atoms with Crippen molar-refractivity contribution in [3.63, 3.8) is 0 Å². The molecule has 0 aromatic heterocycles. The first-order chi connectivity index (χ1) is 24.9. The first kappa shape index (κ1) is 40.8. The van der Waals surface area contributed by atoms with Gasteiger partial charge in [0.2, 0.25) is 0 Å². The summed E-state index contributed by atoms with van der Waals surface area (Å²) in [6.07, 6.45) is 0. The molecular formula is C42H38F2O9. The zero-order valence-electron chi connectivity index (χ0n) is 30.2. The Bertz CT molecular complexity index is 2150. The van der Waals surface area contributed by atoms with Gasteiger partial charge in [0, 0.05) is 33.9 Å². The van der Waals surface area contributed by atoms with Crippen molar-refractivity contribution in [1.29, 1.82) is 0 Å². The molecule has 4 rings (SSSR count). The Hall–Kier alpha value is -6.62. The van der Waals surface area contributed by atoms with Crippen LogP contribution in [0.25, 0.3) is 22.3 Å². The van der Waals surface area contributed by atoms with Gasteiger partial charge in [-0.15, -0.1) is 0 Å². The maximum atomic E-state index is 14.3. The third kappa shape index (κ3) is 11.2. The van der Waals surface area contributed by atoms with Crippen LogP contribution in [0.15, 0.2) is 121 Å². The summed E-state index contributed by atoms with van der Waals surface area (Å²) in [5.74, 6) is -3.14. The van der Waals surface area contributed by atoms with Gasteiger partial charge < -0.3 is 23.7 Å². The van der Waals surface area contributed by atoms with Crippen LogP contribution in [0.4, 0.5) is 8.78 Å². The zero-order valence-corrected chi connectivity index (χ0v) is 30.2. The van der Waals surface area contributed by atoms with Crippen molar-refractivity contribution in [2.45, 2.75) is 34.6 Å². The molecule has 0 heterocycles. The number of halogens is 2. The van der Waals surface area contributed by atoms with E-state index >= 15 is 0 Å². The predicted molar refractivity (Wildman–Crippen MR) is 197 cm³/mol. The molecular weight excluding hydrogens is 686 g/mol. The molecule has 274 valence electrons. The number of esters is 4. The van der Waals surface area contributed by atoms with E-state index in [9.17, 15) is 28.0 Å². The molecule has 0 unspecified atom stereocenters. The summed E-state index contributed by atoms with van der Waals surface area (Å²) in [6, 6.07) is 18.2. The van der Waals surface area contributed by atoms with Crippen LogP contribution in [0.3, 0.4) is 0 Å². The molecule has 0 amide bonds. The Kier molecular flexibility index (Phi) is 13.9. The summed E-state index contributed by atoms with van der Waals surface area (Å²) in [4.78, 5) is 46.3. The summed E-state index contributed by atoms with van der Waals surface area (Å²) in [6.45, 7) is 21.8. The molecule has 4 aromatic carbocycles. The van der Waals surface area contributed by atoms with Crippen LogP contribution >= 0.6 is 0 Å². The zero-order chi connectivity index (χ0) is 39.6. The Morgan fingerprint density at radius 1 is 0.491 bits per heavy atom. The third-order valence-electron chi connectivity index (χ3n) is 7.08. The lowest BCUT2D eigenvalue weighted by atomic mass is 10.00. The van der Waals surface area contributed by atoms with E-state index in [1.165, 1.54) is 51.3 Å². The fourth-order valence-corrected chi connectivity index (χ4v) is 4.26. The minimum absolute atomic E-state index is 0.161. The number of hydrogen-bond donors (Lipinski definition) is 0. The van der Waals surface area contributed by atoms with E-state index in [1.807, 2.05) is 6.92 Å². The molecule has 0 aliphatic carbocycles. The molecule has 11 heteroatoms. The maximum Gasteiger partial charge on any atom is 0.338 e. The highest BCUT2D eigenvalue weighted by Crippen LogP contribution is 2.36. The first-order valence-corrected chi connectivity index (χ1v) is 15.8. The molecule has 0 aliphatic heterocycles. The van der Waals surface area contributed by atoms with Gasteiger partial charge in [-0.3, -0.25) is 0 Å². The van der Waals surface area contributed by atoms with Crippen molar-refractivity contribution in [3.05, 3.63) is 139 Å². The molecule has 0 N–H and O–H groups in total. The van der Waals surface area contributed by atoms with Crippen LogP contribution < -0.4 is 23.7 Å². The molecule has 9 nitrogen and oxygen atoms in total. The van der Waals surface area contributed by atoms with Gasteiger partial charge in [-0.05, 0) is 105 Å². The Labute approximate surface area is 306 Å². The SMILES string of the molecule is C=C(C)C(=O)Oc1ccc(-c2ccc(OC(=O)C(=C)C)c(F)c2)c(C)c1.C=C(C)C(=O)Oc1ccc(-c2ccc(OC(=O)C(=C)C)c(F)c2)c(OC)c1. The van der Waals surface area contributed by atoms with E-state index in [1.54, 1.807) is 56.3 Å². The highest BCUT2D eigenvalue weighted by molar-refractivity contribution is 5.90. The molecule has 53 heavy (non-hydrogen) atoms. The summed E-state index contributed by atoms with van der Waals surface area (Å²) < 4.78 is 54.1. The van der Waals surface area contributed by atoms with E-state index in [0.717, 1.165) is 11.1 Å². The molecule has 0 fully saturated rings. The minimum atomic E-state index is -0.707. The average molecular weight is 725 g/mol. The van der Waals surface area contributed by atoms with Gasteiger partial charge in [0.1, 0.15) is 17.2 Å². The van der Waals surface area contributed by atoms with Crippen molar-refractivity contribution in [2.75, 3.05) is 7.11 Å². The summed E-state index contributed by atoms with van der Waals surface area (Å²) >= 11 is 0. The molecule has 0 spiro atoms. The van der Waals surface area contributed by atoms with Crippen molar-refractivity contribution in [2.24, 2.45) is 0 Å². The van der Waals surface area contributed by atoms with E-state index in [4.69, 9.17) is 23.7 Å². The Balaban J connectivity index is 0.000000286. The van der Waals surface area contributed by atoms with Crippen LogP contribution in [0.5, 0.6) is 28.7 Å². The van der Waals surface area contributed by atoms with Gasteiger partial charge in [0.05, 0.1) is 7.11 Å². The number of carbonyl (C=O) groups is 4. The van der Waals surface area contributed by atoms with E-state index in [2.05, 4.69) is 26.3 Å². The molecule has 0 bridgehead atoms. The van der Waals surface area contributed by atoms with Crippen LogP contribution in [0.1, 0.15) is 33.3 Å². The second-order valence-corrected chi connectivity index (χ2v) is 11.8. The Morgan fingerprint density at radius 3 is 1.25 bits per heavy atom. The summed E-state index contributed by atoms with van der Waals surface area (Å²) in [5, 5.41) is 0. The lowest BCUT2D eigenvalue weighted by Crippen LogP contribution is -2.09. The Morgan fingerprint density at radius 2 is 0.868 bits per heavy atom. The maximum absolute atomic E-state index is 14.3. The van der Waals surface area contributed by atoms with E-state index in [0.29, 0.717) is 33.8 Å². The fraction of sp³-hybridized carbons (Fsp3) is 0.143.